The molecule has 2 aromatic carbocycles. The van der Waals surface area contributed by atoms with Gasteiger partial charge in [0.1, 0.15) is 12.2 Å². The third-order valence-corrected chi connectivity index (χ3v) is 4.87. The molecule has 2 aromatic rings. The average molecular weight is 440 g/mol. The SMILES string of the molecule is CC(C)(C)OC(=O)N1CC(NC(=O)OCc2ccccc2)C(C(=O)Nc2ccccc2)C1. The maximum Gasteiger partial charge on any atom is 0.410 e. The van der Waals surface area contributed by atoms with Crippen LogP contribution in [0.1, 0.15) is 26.3 Å². The van der Waals surface area contributed by atoms with Crippen molar-refractivity contribution >= 4 is 23.8 Å². The van der Waals surface area contributed by atoms with Crippen LogP contribution in [-0.2, 0) is 20.9 Å². The molecule has 1 aliphatic heterocycles. The molecule has 2 atom stereocenters. The summed E-state index contributed by atoms with van der Waals surface area (Å²) >= 11 is 0. The molecule has 0 aliphatic carbocycles. The van der Waals surface area contributed by atoms with E-state index in [0.717, 1.165) is 5.56 Å². The average Bonchev–Trinajstić information content (AvgIpc) is 3.17. The summed E-state index contributed by atoms with van der Waals surface area (Å²) in [7, 11) is 0. The van der Waals surface area contributed by atoms with Gasteiger partial charge in [0.2, 0.25) is 5.91 Å². The molecule has 32 heavy (non-hydrogen) atoms. The predicted octanol–water partition coefficient (Wildman–Crippen LogP) is 3.79. The van der Waals surface area contributed by atoms with Crippen LogP contribution in [0.5, 0.6) is 0 Å². The van der Waals surface area contributed by atoms with E-state index in [1.54, 1.807) is 32.9 Å². The number of carbonyl (C=O) groups excluding carboxylic acids is 3. The quantitative estimate of drug-likeness (QED) is 0.739. The lowest BCUT2D eigenvalue weighted by atomic mass is 10.0. The number of amides is 3. The van der Waals surface area contributed by atoms with Crippen molar-refractivity contribution in [2.24, 2.45) is 5.92 Å². The highest BCUT2D eigenvalue weighted by atomic mass is 16.6. The molecule has 1 saturated heterocycles. The standard InChI is InChI=1S/C24H29N3O5/c1-24(2,3)32-23(30)27-14-19(21(28)25-18-12-8-5-9-13-18)20(15-27)26-22(29)31-16-17-10-6-4-7-11-17/h4-13,19-20H,14-16H2,1-3H3,(H,25,28)(H,26,29). The molecule has 0 saturated carbocycles. The number of benzene rings is 2. The highest BCUT2D eigenvalue weighted by Gasteiger charge is 2.42. The fraction of sp³-hybridized carbons (Fsp3) is 0.375. The fourth-order valence-corrected chi connectivity index (χ4v) is 3.36. The van der Waals surface area contributed by atoms with Crippen LogP contribution < -0.4 is 10.6 Å². The maximum absolute atomic E-state index is 13.0. The van der Waals surface area contributed by atoms with E-state index in [1.165, 1.54) is 4.90 Å². The third-order valence-electron chi connectivity index (χ3n) is 4.87. The van der Waals surface area contributed by atoms with Gasteiger partial charge in [0.15, 0.2) is 0 Å². The summed E-state index contributed by atoms with van der Waals surface area (Å²) in [5.74, 6) is -0.956. The molecule has 0 spiro atoms. The topological polar surface area (TPSA) is 97.0 Å². The van der Waals surface area contributed by atoms with Crippen LogP contribution in [0.3, 0.4) is 0 Å². The fourth-order valence-electron chi connectivity index (χ4n) is 3.36. The van der Waals surface area contributed by atoms with Crippen molar-refractivity contribution in [3.05, 3.63) is 66.2 Å². The lowest BCUT2D eigenvalue weighted by Crippen LogP contribution is -2.44. The van der Waals surface area contributed by atoms with Gasteiger partial charge >= 0.3 is 12.2 Å². The summed E-state index contributed by atoms with van der Waals surface area (Å²) in [6.45, 7) is 5.70. The van der Waals surface area contributed by atoms with Gasteiger partial charge in [-0.25, -0.2) is 9.59 Å². The van der Waals surface area contributed by atoms with Crippen LogP contribution in [0, 0.1) is 5.92 Å². The molecule has 1 heterocycles. The monoisotopic (exact) mass is 439 g/mol. The van der Waals surface area contributed by atoms with Crippen molar-refractivity contribution in [2.45, 2.75) is 39.0 Å². The smallest absolute Gasteiger partial charge is 0.410 e. The number of rotatable bonds is 5. The van der Waals surface area contributed by atoms with Crippen LogP contribution in [0.4, 0.5) is 15.3 Å². The highest BCUT2D eigenvalue weighted by Crippen LogP contribution is 2.22. The molecule has 3 amide bonds. The number of para-hydroxylation sites is 1. The molecular weight excluding hydrogens is 410 g/mol. The minimum atomic E-state index is -0.668. The lowest BCUT2D eigenvalue weighted by molar-refractivity contribution is -0.119. The van der Waals surface area contributed by atoms with E-state index in [-0.39, 0.29) is 25.6 Å². The molecule has 8 nitrogen and oxygen atoms in total. The number of carbonyl (C=O) groups is 3. The number of hydrogen-bond acceptors (Lipinski definition) is 5. The summed E-state index contributed by atoms with van der Waals surface area (Å²) in [4.78, 5) is 39.4. The second-order valence-corrected chi connectivity index (χ2v) is 8.66. The summed E-state index contributed by atoms with van der Waals surface area (Å²) in [5, 5.41) is 5.58. The van der Waals surface area contributed by atoms with Gasteiger partial charge < -0.3 is 25.0 Å². The molecule has 8 heteroatoms. The summed E-state index contributed by atoms with van der Waals surface area (Å²) in [5.41, 5.74) is 0.820. The Morgan fingerprint density at radius 2 is 1.59 bits per heavy atom. The molecule has 2 N–H and O–H groups in total. The first kappa shape index (κ1) is 23.1. The zero-order chi connectivity index (χ0) is 23.1. The number of hydrogen-bond donors (Lipinski definition) is 2. The Kier molecular flexibility index (Phi) is 7.35. The lowest BCUT2D eigenvalue weighted by Gasteiger charge is -2.24. The molecule has 2 unspecified atom stereocenters. The zero-order valence-corrected chi connectivity index (χ0v) is 18.5. The molecule has 1 aliphatic rings. The summed E-state index contributed by atoms with van der Waals surface area (Å²) in [6.07, 6.45) is -1.18. The summed E-state index contributed by atoms with van der Waals surface area (Å²) < 4.78 is 10.7. The third kappa shape index (κ3) is 6.73. The number of nitrogens with zero attached hydrogens (tertiary/aromatic N) is 1. The van der Waals surface area contributed by atoms with E-state index in [0.29, 0.717) is 5.69 Å². The van der Waals surface area contributed by atoms with Crippen LogP contribution >= 0.6 is 0 Å². The van der Waals surface area contributed by atoms with E-state index >= 15 is 0 Å². The van der Waals surface area contributed by atoms with Crippen LogP contribution in [-0.4, -0.2) is 47.7 Å². The van der Waals surface area contributed by atoms with Gasteiger partial charge in [-0.05, 0) is 38.5 Å². The van der Waals surface area contributed by atoms with Gasteiger partial charge in [-0.15, -0.1) is 0 Å². The normalized spacial score (nSPS) is 18.0. The van der Waals surface area contributed by atoms with E-state index in [1.807, 2.05) is 48.5 Å². The van der Waals surface area contributed by atoms with Gasteiger partial charge in [-0.2, -0.15) is 0 Å². The molecule has 0 bridgehead atoms. The van der Waals surface area contributed by atoms with Gasteiger partial charge in [0.25, 0.3) is 0 Å². The van der Waals surface area contributed by atoms with Gasteiger partial charge in [0.05, 0.1) is 12.0 Å². The highest BCUT2D eigenvalue weighted by molar-refractivity contribution is 5.94. The van der Waals surface area contributed by atoms with Crippen LogP contribution in [0.25, 0.3) is 0 Å². The van der Waals surface area contributed by atoms with Gasteiger partial charge in [-0.3, -0.25) is 4.79 Å². The molecule has 3 rings (SSSR count). The Morgan fingerprint density at radius 3 is 2.22 bits per heavy atom. The Hall–Kier alpha value is -3.55. The van der Waals surface area contributed by atoms with E-state index in [2.05, 4.69) is 10.6 Å². The van der Waals surface area contributed by atoms with E-state index in [9.17, 15) is 14.4 Å². The largest absolute Gasteiger partial charge is 0.445 e. The molecule has 1 fully saturated rings. The second-order valence-electron chi connectivity index (χ2n) is 8.66. The molecule has 0 aromatic heterocycles. The molecule has 0 radical (unpaired) electrons. The van der Waals surface area contributed by atoms with Crippen molar-refractivity contribution in [1.82, 2.24) is 10.2 Å². The Labute approximate surface area is 187 Å². The van der Waals surface area contributed by atoms with Crippen molar-refractivity contribution in [2.75, 3.05) is 18.4 Å². The second kappa shape index (κ2) is 10.2. The number of anilines is 1. The number of likely N-dealkylation sites (tertiary alicyclic amines) is 1. The first-order valence-electron chi connectivity index (χ1n) is 10.5. The molecular formula is C24H29N3O5. The van der Waals surface area contributed by atoms with Gasteiger partial charge in [-0.1, -0.05) is 48.5 Å². The van der Waals surface area contributed by atoms with Gasteiger partial charge in [0, 0.05) is 18.8 Å². The minimum absolute atomic E-state index is 0.107. The first-order chi connectivity index (χ1) is 15.2. The van der Waals surface area contributed by atoms with Crippen molar-refractivity contribution in [1.29, 1.82) is 0 Å². The zero-order valence-electron chi connectivity index (χ0n) is 18.5. The molecule has 170 valence electrons. The summed E-state index contributed by atoms with van der Waals surface area (Å²) in [6, 6.07) is 17.7. The number of ether oxygens (including phenoxy) is 2. The van der Waals surface area contributed by atoms with Crippen LogP contribution in [0.2, 0.25) is 0 Å². The Balaban J connectivity index is 1.66. The number of alkyl carbamates (subject to hydrolysis) is 1. The minimum Gasteiger partial charge on any atom is -0.445 e. The van der Waals surface area contributed by atoms with Crippen molar-refractivity contribution in [3.63, 3.8) is 0 Å². The first-order valence-corrected chi connectivity index (χ1v) is 10.5. The predicted molar refractivity (Wildman–Crippen MR) is 120 cm³/mol. The number of nitrogens with one attached hydrogen (secondary N) is 2. The van der Waals surface area contributed by atoms with Crippen molar-refractivity contribution in [3.8, 4) is 0 Å². The van der Waals surface area contributed by atoms with E-state index < -0.39 is 29.7 Å². The van der Waals surface area contributed by atoms with E-state index in [4.69, 9.17) is 9.47 Å². The van der Waals surface area contributed by atoms with Crippen LogP contribution in [0.15, 0.2) is 60.7 Å². The Morgan fingerprint density at radius 1 is 0.969 bits per heavy atom. The Bertz CT molecular complexity index is 928. The van der Waals surface area contributed by atoms with Crippen molar-refractivity contribution < 1.29 is 23.9 Å². The maximum atomic E-state index is 13.0.